The van der Waals surface area contributed by atoms with E-state index in [0.29, 0.717) is 75.1 Å². The van der Waals surface area contributed by atoms with Crippen molar-refractivity contribution < 1.29 is 28.9 Å². The normalized spacial score (nSPS) is 16.6. The molecule has 2 fully saturated rings. The molecule has 15 nitrogen and oxygen atoms in total. The van der Waals surface area contributed by atoms with Crippen LogP contribution in [0.2, 0.25) is 0 Å². The predicted molar refractivity (Wildman–Crippen MR) is 220 cm³/mol. The molecule has 2 amide bonds. The lowest BCUT2D eigenvalue weighted by molar-refractivity contribution is -0.135. The third-order valence-corrected chi connectivity index (χ3v) is 10.9. The van der Waals surface area contributed by atoms with Crippen molar-refractivity contribution in [1.29, 1.82) is 0 Å². The second kappa shape index (κ2) is 19.3. The Morgan fingerprint density at radius 3 is 2.26 bits per heavy atom. The average molecular weight is 793 g/mol. The first kappa shape index (κ1) is 40.7. The van der Waals surface area contributed by atoms with E-state index < -0.39 is 11.9 Å². The van der Waals surface area contributed by atoms with E-state index >= 15 is 0 Å². The quantitative estimate of drug-likeness (QED) is 0.0870. The van der Waals surface area contributed by atoms with Crippen LogP contribution in [0.5, 0.6) is 5.75 Å². The maximum atomic E-state index is 13.1. The summed E-state index contributed by atoms with van der Waals surface area (Å²) in [6.07, 6.45) is 2.01. The van der Waals surface area contributed by atoms with Crippen molar-refractivity contribution in [2.45, 2.75) is 38.3 Å². The van der Waals surface area contributed by atoms with E-state index in [1.165, 1.54) is 10.1 Å². The summed E-state index contributed by atoms with van der Waals surface area (Å²) in [5, 5.41) is 21.0. The number of nitrogens with two attached hydrogens (primary N) is 1. The van der Waals surface area contributed by atoms with Gasteiger partial charge < -0.3 is 25.1 Å². The number of aryl methyl sites for hydroxylation is 2. The topological polar surface area (TPSA) is 179 Å². The van der Waals surface area contributed by atoms with Crippen molar-refractivity contribution in [2.75, 3.05) is 78.1 Å². The molecule has 4 N–H and O–H groups in total. The lowest BCUT2D eigenvalue weighted by Crippen LogP contribution is -2.46. The highest BCUT2D eigenvalue weighted by molar-refractivity contribution is 6.00. The number of aromatic hydroxyl groups is 1. The first-order chi connectivity index (χ1) is 28.3. The summed E-state index contributed by atoms with van der Waals surface area (Å²) < 4.78 is 20.4. The number of rotatable bonds is 18. The summed E-state index contributed by atoms with van der Waals surface area (Å²) in [4.78, 5) is 42.2. The van der Waals surface area contributed by atoms with Gasteiger partial charge in [0.15, 0.2) is 5.82 Å². The summed E-state index contributed by atoms with van der Waals surface area (Å²) in [7, 11) is 1.72. The molecule has 15 heteroatoms. The largest absolute Gasteiger partial charge is 0.507 e. The molecule has 0 radical (unpaired) electrons. The van der Waals surface area contributed by atoms with Crippen molar-refractivity contribution >= 4 is 28.7 Å². The van der Waals surface area contributed by atoms with Gasteiger partial charge in [0, 0.05) is 70.5 Å². The van der Waals surface area contributed by atoms with Gasteiger partial charge in [-0.3, -0.25) is 33.8 Å². The number of aromatic nitrogens is 4. The Kier molecular flexibility index (Phi) is 13.6. The fourth-order valence-corrected chi connectivity index (χ4v) is 7.72. The molecule has 2 aromatic heterocycles. The van der Waals surface area contributed by atoms with Crippen molar-refractivity contribution in [1.82, 2.24) is 34.4 Å². The number of nitrogens with zero attached hydrogens (tertiary/aromatic N) is 6. The number of nitrogens with one attached hydrogen (secondary N) is 1. The predicted octanol–water partition coefficient (Wildman–Crippen LogP) is 3.53. The lowest BCUT2D eigenvalue weighted by atomic mass is 10.0. The van der Waals surface area contributed by atoms with E-state index in [9.17, 15) is 19.5 Å². The second-order valence-corrected chi connectivity index (χ2v) is 14.8. The van der Waals surface area contributed by atoms with Crippen LogP contribution in [0.25, 0.3) is 33.4 Å². The maximum absolute atomic E-state index is 13.1. The number of carbonyl (C=O) groups is 2. The summed E-state index contributed by atoms with van der Waals surface area (Å²) in [6, 6.07) is 22.4. The van der Waals surface area contributed by atoms with E-state index in [2.05, 4.69) is 49.6 Å². The minimum absolute atomic E-state index is 0.150. The fourth-order valence-electron chi connectivity index (χ4n) is 7.72. The Morgan fingerprint density at radius 1 is 0.810 bits per heavy atom. The molecule has 0 spiro atoms. The standard InChI is InChI=1S/C43H52N8O7/c1-48-40-32(6-4-9-36(40)51(43(48)55)37-15-16-39(53)45-42(37)54)7-5-22-56-24-26-58-27-25-57-23-21-49-17-19-50(20-18-49)29-30-11-13-31(14-12-30)34-28-35(46-47-41(34)44)33-8-2-3-10-38(33)52/h2-4,6,8-14,28,37,52H,5,7,15-27,29H2,1H3,(H2,44,47)(H,45,53,54). The molecule has 0 saturated carbocycles. The summed E-state index contributed by atoms with van der Waals surface area (Å²) in [5.41, 5.74) is 12.6. The number of anilines is 1. The van der Waals surface area contributed by atoms with E-state index in [-0.39, 0.29) is 23.8 Å². The van der Waals surface area contributed by atoms with Gasteiger partial charge in [0.1, 0.15) is 11.8 Å². The zero-order valence-corrected chi connectivity index (χ0v) is 33.0. The summed E-state index contributed by atoms with van der Waals surface area (Å²) >= 11 is 0. The average Bonchev–Trinajstić information content (AvgIpc) is 3.48. The zero-order valence-electron chi connectivity index (χ0n) is 33.0. The third-order valence-electron chi connectivity index (χ3n) is 10.9. The number of phenols is 1. The van der Waals surface area contributed by atoms with E-state index in [1.54, 1.807) is 23.7 Å². The number of hydrogen-bond donors (Lipinski definition) is 3. The molecule has 2 saturated heterocycles. The number of hydrogen-bond acceptors (Lipinski definition) is 12. The Bertz CT molecular complexity index is 2250. The molecular weight excluding hydrogens is 741 g/mol. The molecule has 4 heterocycles. The molecule has 0 bridgehead atoms. The van der Waals surface area contributed by atoms with Gasteiger partial charge >= 0.3 is 5.69 Å². The number of nitrogen functional groups attached to an aromatic ring is 1. The summed E-state index contributed by atoms with van der Waals surface area (Å²) in [5.74, 6) is -0.244. The van der Waals surface area contributed by atoms with E-state index in [0.717, 1.165) is 67.9 Å². The van der Waals surface area contributed by atoms with Crippen molar-refractivity contribution in [3.8, 4) is 28.1 Å². The number of ether oxygens (including phenoxy) is 3. The SMILES string of the molecule is Cn1c(=O)n(C2CCC(=O)NC2=O)c2cccc(CCCOCCOCCOCCN3CCN(Cc4ccc(-c5cc(-c6ccccc6O)nnc5N)cc4)CC3)c21. The molecular formula is C43H52N8O7. The molecule has 3 aromatic carbocycles. The number of benzene rings is 3. The highest BCUT2D eigenvalue weighted by Crippen LogP contribution is 2.32. The van der Waals surface area contributed by atoms with Crippen LogP contribution in [0.3, 0.4) is 0 Å². The Balaban J connectivity index is 0.734. The molecule has 0 aliphatic carbocycles. The number of fused-ring (bicyclic) bond motifs is 1. The lowest BCUT2D eigenvalue weighted by Gasteiger charge is -2.34. The number of imidazole rings is 1. The first-order valence-corrected chi connectivity index (χ1v) is 20.0. The number of piperazine rings is 1. The van der Waals surface area contributed by atoms with Crippen LogP contribution in [0.4, 0.5) is 5.82 Å². The van der Waals surface area contributed by atoms with Gasteiger partial charge in [0.25, 0.3) is 0 Å². The minimum Gasteiger partial charge on any atom is -0.507 e. The zero-order chi connectivity index (χ0) is 40.4. The highest BCUT2D eigenvalue weighted by Gasteiger charge is 2.31. The van der Waals surface area contributed by atoms with Gasteiger partial charge in [-0.2, -0.15) is 0 Å². The minimum atomic E-state index is -0.698. The molecule has 1 atom stereocenters. The van der Waals surface area contributed by atoms with Gasteiger partial charge in [-0.05, 0) is 60.2 Å². The van der Waals surface area contributed by atoms with Crippen LogP contribution in [0, 0.1) is 0 Å². The van der Waals surface area contributed by atoms with Crippen molar-refractivity contribution in [3.05, 3.63) is 94.4 Å². The smallest absolute Gasteiger partial charge is 0.329 e. The van der Waals surface area contributed by atoms with Gasteiger partial charge in [0.05, 0.1) is 49.8 Å². The van der Waals surface area contributed by atoms with E-state index in [4.69, 9.17) is 19.9 Å². The second-order valence-electron chi connectivity index (χ2n) is 14.8. The number of para-hydroxylation sites is 2. The van der Waals surface area contributed by atoms with Crippen LogP contribution in [0.15, 0.2) is 77.6 Å². The van der Waals surface area contributed by atoms with Gasteiger partial charge in [-0.25, -0.2) is 4.79 Å². The highest BCUT2D eigenvalue weighted by atomic mass is 16.5. The number of piperidine rings is 1. The Hall–Kier alpha value is -5.45. The van der Waals surface area contributed by atoms with Crippen LogP contribution in [-0.2, 0) is 43.8 Å². The number of amides is 2. The number of phenolic OH excluding ortho intramolecular Hbond substituents is 1. The molecule has 2 aliphatic rings. The molecule has 58 heavy (non-hydrogen) atoms. The maximum Gasteiger partial charge on any atom is 0.329 e. The Morgan fingerprint density at radius 2 is 1.52 bits per heavy atom. The molecule has 7 rings (SSSR count). The number of imide groups is 1. The molecule has 1 unspecified atom stereocenters. The molecule has 2 aliphatic heterocycles. The molecule has 306 valence electrons. The Labute approximate surface area is 337 Å². The fraction of sp³-hybridized carbons (Fsp3) is 0.419. The molecule has 5 aromatic rings. The van der Waals surface area contributed by atoms with Crippen LogP contribution in [-0.4, -0.2) is 118 Å². The number of carbonyl (C=O) groups excluding carboxylic acids is 2. The van der Waals surface area contributed by atoms with Crippen LogP contribution < -0.4 is 16.7 Å². The van der Waals surface area contributed by atoms with Crippen LogP contribution in [0.1, 0.15) is 36.4 Å². The van der Waals surface area contributed by atoms with Gasteiger partial charge in [0.2, 0.25) is 11.8 Å². The third kappa shape index (κ3) is 9.80. The first-order valence-electron chi connectivity index (χ1n) is 20.0. The monoisotopic (exact) mass is 792 g/mol. The van der Waals surface area contributed by atoms with Crippen LogP contribution >= 0.6 is 0 Å². The van der Waals surface area contributed by atoms with Crippen molar-refractivity contribution in [2.24, 2.45) is 7.05 Å². The van der Waals surface area contributed by atoms with Crippen molar-refractivity contribution in [3.63, 3.8) is 0 Å². The van der Waals surface area contributed by atoms with Gasteiger partial charge in [-0.15, -0.1) is 10.2 Å². The van der Waals surface area contributed by atoms with E-state index in [1.807, 2.05) is 36.4 Å². The van der Waals surface area contributed by atoms with Gasteiger partial charge in [-0.1, -0.05) is 48.5 Å². The summed E-state index contributed by atoms with van der Waals surface area (Å²) in [6.45, 7) is 8.97.